The number of nitrogens with zero attached hydrogens (tertiary/aromatic N) is 2. The van der Waals surface area contributed by atoms with Gasteiger partial charge in [0.15, 0.2) is 0 Å². The first-order valence-electron chi connectivity index (χ1n) is 5.03. The topological polar surface area (TPSA) is 29.9 Å². The molecule has 15 heavy (non-hydrogen) atoms. The third kappa shape index (κ3) is 2.07. The number of aryl methyl sites for hydroxylation is 1. The molecule has 0 radical (unpaired) electrons. The first kappa shape index (κ1) is 9.93. The van der Waals surface area contributed by atoms with Crippen LogP contribution in [0, 0.1) is 0 Å². The summed E-state index contributed by atoms with van der Waals surface area (Å²) in [5.74, 6) is 0. The van der Waals surface area contributed by atoms with Crippen LogP contribution in [-0.4, -0.2) is 16.8 Å². The minimum atomic E-state index is 0.880. The zero-order valence-electron chi connectivity index (χ0n) is 9.07. The number of aromatic nitrogens is 2. The van der Waals surface area contributed by atoms with Crippen molar-refractivity contribution in [3.05, 3.63) is 42.2 Å². The Balaban J connectivity index is 2.42. The van der Waals surface area contributed by atoms with Crippen molar-refractivity contribution in [3.8, 4) is 11.1 Å². The summed E-state index contributed by atoms with van der Waals surface area (Å²) in [4.78, 5) is 0. The van der Waals surface area contributed by atoms with Gasteiger partial charge in [-0.3, -0.25) is 4.68 Å². The molecule has 0 spiro atoms. The third-order valence-corrected chi connectivity index (χ3v) is 2.40. The van der Waals surface area contributed by atoms with Crippen LogP contribution in [0.15, 0.2) is 36.7 Å². The van der Waals surface area contributed by atoms with Crippen LogP contribution in [-0.2, 0) is 13.6 Å². The number of hydrogen-bond acceptors (Lipinski definition) is 2. The molecule has 0 saturated heterocycles. The Labute approximate surface area is 89.7 Å². The second-order valence-electron chi connectivity index (χ2n) is 3.59. The molecule has 0 bridgehead atoms. The summed E-state index contributed by atoms with van der Waals surface area (Å²) in [6.07, 6.45) is 3.93. The first-order chi connectivity index (χ1) is 7.31. The molecule has 78 valence electrons. The van der Waals surface area contributed by atoms with E-state index >= 15 is 0 Å². The molecule has 1 aromatic carbocycles. The number of nitrogens with one attached hydrogen (secondary N) is 1. The Kier molecular flexibility index (Phi) is 2.83. The molecule has 0 fully saturated rings. The van der Waals surface area contributed by atoms with Crippen LogP contribution in [0.1, 0.15) is 5.56 Å². The molecule has 0 unspecified atom stereocenters. The molecule has 3 nitrogen and oxygen atoms in total. The lowest BCUT2D eigenvalue weighted by Crippen LogP contribution is -2.05. The molecule has 1 heterocycles. The standard InChI is InChI=1S/C12H15N3/c1-13-7-10-5-3-4-6-12(10)11-8-14-15(2)9-11/h3-6,8-9,13H,7H2,1-2H3. The second kappa shape index (κ2) is 4.28. The molecular formula is C12H15N3. The zero-order chi connectivity index (χ0) is 10.7. The van der Waals surface area contributed by atoms with Crippen LogP contribution >= 0.6 is 0 Å². The molecular weight excluding hydrogens is 186 g/mol. The molecule has 0 aliphatic rings. The number of hydrogen-bond donors (Lipinski definition) is 1. The normalized spacial score (nSPS) is 10.5. The summed E-state index contributed by atoms with van der Waals surface area (Å²) < 4.78 is 1.82. The fourth-order valence-corrected chi connectivity index (χ4v) is 1.71. The summed E-state index contributed by atoms with van der Waals surface area (Å²) >= 11 is 0. The van der Waals surface area contributed by atoms with Gasteiger partial charge >= 0.3 is 0 Å². The molecule has 1 N–H and O–H groups in total. The monoisotopic (exact) mass is 201 g/mol. The predicted molar refractivity (Wildman–Crippen MR) is 61.4 cm³/mol. The van der Waals surface area contributed by atoms with Gasteiger partial charge in [-0.15, -0.1) is 0 Å². The van der Waals surface area contributed by atoms with Crippen LogP contribution in [0.5, 0.6) is 0 Å². The van der Waals surface area contributed by atoms with E-state index in [0.717, 1.165) is 6.54 Å². The van der Waals surface area contributed by atoms with E-state index in [9.17, 15) is 0 Å². The van der Waals surface area contributed by atoms with Crippen molar-refractivity contribution >= 4 is 0 Å². The van der Waals surface area contributed by atoms with Crippen molar-refractivity contribution in [1.82, 2.24) is 15.1 Å². The van der Waals surface area contributed by atoms with E-state index in [0.29, 0.717) is 0 Å². The van der Waals surface area contributed by atoms with Gasteiger partial charge in [-0.1, -0.05) is 24.3 Å². The van der Waals surface area contributed by atoms with Crippen LogP contribution in [0.2, 0.25) is 0 Å². The Morgan fingerprint density at radius 1 is 1.33 bits per heavy atom. The van der Waals surface area contributed by atoms with E-state index < -0.39 is 0 Å². The summed E-state index contributed by atoms with van der Waals surface area (Å²) in [7, 11) is 3.89. The van der Waals surface area contributed by atoms with Crippen LogP contribution in [0.3, 0.4) is 0 Å². The molecule has 3 heteroatoms. The van der Waals surface area contributed by atoms with Gasteiger partial charge in [0.1, 0.15) is 0 Å². The zero-order valence-corrected chi connectivity index (χ0v) is 9.07. The van der Waals surface area contributed by atoms with Crippen molar-refractivity contribution in [1.29, 1.82) is 0 Å². The second-order valence-corrected chi connectivity index (χ2v) is 3.59. The van der Waals surface area contributed by atoms with Gasteiger partial charge in [0.05, 0.1) is 6.20 Å². The van der Waals surface area contributed by atoms with E-state index in [2.05, 4.69) is 34.7 Å². The fourth-order valence-electron chi connectivity index (χ4n) is 1.71. The Bertz CT molecular complexity index is 446. The maximum absolute atomic E-state index is 4.19. The number of benzene rings is 1. The maximum Gasteiger partial charge on any atom is 0.0568 e. The highest BCUT2D eigenvalue weighted by molar-refractivity contribution is 5.65. The SMILES string of the molecule is CNCc1ccccc1-c1cnn(C)c1. The van der Waals surface area contributed by atoms with Gasteiger partial charge in [-0.25, -0.2) is 0 Å². The molecule has 0 aliphatic carbocycles. The van der Waals surface area contributed by atoms with Crippen molar-refractivity contribution in [2.24, 2.45) is 7.05 Å². The molecule has 2 rings (SSSR count). The summed E-state index contributed by atoms with van der Waals surface area (Å²) in [5, 5.41) is 7.36. The van der Waals surface area contributed by atoms with Gasteiger partial charge in [0.2, 0.25) is 0 Å². The van der Waals surface area contributed by atoms with Crippen LogP contribution in [0.4, 0.5) is 0 Å². The summed E-state index contributed by atoms with van der Waals surface area (Å²) in [5.41, 5.74) is 3.72. The van der Waals surface area contributed by atoms with Crippen LogP contribution in [0.25, 0.3) is 11.1 Å². The van der Waals surface area contributed by atoms with E-state index in [1.807, 2.05) is 31.2 Å². The summed E-state index contributed by atoms with van der Waals surface area (Å²) in [6.45, 7) is 0.880. The Morgan fingerprint density at radius 2 is 2.13 bits per heavy atom. The highest BCUT2D eigenvalue weighted by atomic mass is 15.2. The lowest BCUT2D eigenvalue weighted by Gasteiger charge is -2.06. The Hall–Kier alpha value is -1.61. The smallest absolute Gasteiger partial charge is 0.0568 e. The molecule has 0 amide bonds. The minimum absolute atomic E-state index is 0.880. The average molecular weight is 201 g/mol. The molecule has 0 aliphatic heterocycles. The van der Waals surface area contributed by atoms with Crippen molar-refractivity contribution in [2.45, 2.75) is 6.54 Å². The largest absolute Gasteiger partial charge is 0.316 e. The minimum Gasteiger partial charge on any atom is -0.316 e. The molecule has 0 saturated carbocycles. The first-order valence-corrected chi connectivity index (χ1v) is 5.03. The van der Waals surface area contributed by atoms with E-state index in [1.165, 1.54) is 16.7 Å². The van der Waals surface area contributed by atoms with Crippen LogP contribution < -0.4 is 5.32 Å². The molecule has 2 aromatic rings. The maximum atomic E-state index is 4.19. The molecule has 0 atom stereocenters. The number of rotatable bonds is 3. The van der Waals surface area contributed by atoms with E-state index in [-0.39, 0.29) is 0 Å². The highest BCUT2D eigenvalue weighted by Crippen LogP contribution is 2.22. The van der Waals surface area contributed by atoms with Gasteiger partial charge < -0.3 is 5.32 Å². The third-order valence-electron chi connectivity index (χ3n) is 2.40. The van der Waals surface area contributed by atoms with Gasteiger partial charge in [-0.2, -0.15) is 5.10 Å². The van der Waals surface area contributed by atoms with Crippen molar-refractivity contribution in [2.75, 3.05) is 7.05 Å². The van der Waals surface area contributed by atoms with Gasteiger partial charge in [-0.05, 0) is 18.2 Å². The average Bonchev–Trinajstić information content (AvgIpc) is 2.66. The molecule has 1 aromatic heterocycles. The van der Waals surface area contributed by atoms with Crippen molar-refractivity contribution < 1.29 is 0 Å². The lowest BCUT2D eigenvalue weighted by atomic mass is 10.0. The quantitative estimate of drug-likeness (QED) is 0.820. The highest BCUT2D eigenvalue weighted by Gasteiger charge is 2.04. The Morgan fingerprint density at radius 3 is 2.80 bits per heavy atom. The lowest BCUT2D eigenvalue weighted by molar-refractivity contribution is 0.768. The van der Waals surface area contributed by atoms with Crippen molar-refractivity contribution in [3.63, 3.8) is 0 Å². The fraction of sp³-hybridized carbons (Fsp3) is 0.250. The van der Waals surface area contributed by atoms with E-state index in [1.54, 1.807) is 0 Å². The van der Waals surface area contributed by atoms with Gasteiger partial charge in [0.25, 0.3) is 0 Å². The summed E-state index contributed by atoms with van der Waals surface area (Å²) in [6, 6.07) is 8.39. The van der Waals surface area contributed by atoms with Gasteiger partial charge in [0, 0.05) is 25.4 Å². The van der Waals surface area contributed by atoms with E-state index in [4.69, 9.17) is 0 Å². The predicted octanol–water partition coefficient (Wildman–Crippen LogP) is 1.81.